The number of amides is 1. The Morgan fingerprint density at radius 2 is 1.81 bits per heavy atom. The summed E-state index contributed by atoms with van der Waals surface area (Å²) in [5, 5.41) is 5.13. The van der Waals surface area contributed by atoms with Crippen molar-refractivity contribution in [3.63, 3.8) is 0 Å². The molecule has 1 aromatic heterocycles. The summed E-state index contributed by atoms with van der Waals surface area (Å²) < 4.78 is 6.11. The second-order valence-corrected chi connectivity index (χ2v) is 6.85. The molecule has 0 aliphatic heterocycles. The van der Waals surface area contributed by atoms with Gasteiger partial charge in [-0.2, -0.15) is 0 Å². The molecule has 0 aliphatic rings. The Balaban J connectivity index is 1.78. The standard InChI is InChI=1S/C22H20N2O2/c1-14(2)13-20(25)23-18-10-6-5-9-17(18)22-24-19-12-11-15-7-3-4-8-16(15)21(19)26-22/h3-12,14H,13H2,1-2H3,(H,23,25). The van der Waals surface area contributed by atoms with Gasteiger partial charge in [-0.05, 0) is 29.5 Å². The van der Waals surface area contributed by atoms with Crippen LogP contribution in [0, 0.1) is 5.92 Å². The zero-order chi connectivity index (χ0) is 18.1. The molecule has 0 saturated carbocycles. The Bertz CT molecular complexity index is 1100. The van der Waals surface area contributed by atoms with Crippen molar-refractivity contribution in [1.82, 2.24) is 4.98 Å². The maximum atomic E-state index is 12.2. The number of rotatable bonds is 4. The van der Waals surface area contributed by atoms with Crippen LogP contribution in [0.3, 0.4) is 0 Å². The second kappa shape index (κ2) is 6.64. The van der Waals surface area contributed by atoms with Crippen LogP contribution in [0.15, 0.2) is 65.1 Å². The molecular formula is C22H20N2O2. The molecule has 4 heteroatoms. The van der Waals surface area contributed by atoms with Crippen LogP contribution in [-0.2, 0) is 4.79 Å². The summed E-state index contributed by atoms with van der Waals surface area (Å²) in [5.74, 6) is 0.809. The molecule has 0 saturated heterocycles. The van der Waals surface area contributed by atoms with Crippen molar-refractivity contribution in [2.24, 2.45) is 5.92 Å². The van der Waals surface area contributed by atoms with E-state index >= 15 is 0 Å². The molecule has 4 aromatic rings. The fourth-order valence-electron chi connectivity index (χ4n) is 3.12. The lowest BCUT2D eigenvalue weighted by molar-refractivity contribution is -0.116. The lowest BCUT2D eigenvalue weighted by Crippen LogP contribution is -2.14. The fourth-order valence-corrected chi connectivity index (χ4v) is 3.12. The summed E-state index contributed by atoms with van der Waals surface area (Å²) in [4.78, 5) is 16.8. The minimum atomic E-state index is -0.00555. The molecule has 4 rings (SSSR count). The zero-order valence-electron chi connectivity index (χ0n) is 14.8. The highest BCUT2D eigenvalue weighted by molar-refractivity contribution is 6.04. The summed E-state index contributed by atoms with van der Waals surface area (Å²) >= 11 is 0. The minimum Gasteiger partial charge on any atom is -0.435 e. The fraction of sp³-hybridized carbons (Fsp3) is 0.182. The molecule has 0 spiro atoms. The van der Waals surface area contributed by atoms with Crippen LogP contribution >= 0.6 is 0 Å². The van der Waals surface area contributed by atoms with Crippen LogP contribution in [0.5, 0.6) is 0 Å². The molecule has 130 valence electrons. The maximum absolute atomic E-state index is 12.2. The lowest BCUT2D eigenvalue weighted by atomic mass is 10.1. The third-order valence-corrected chi connectivity index (χ3v) is 4.30. The number of para-hydroxylation sites is 1. The van der Waals surface area contributed by atoms with Crippen LogP contribution in [0.2, 0.25) is 0 Å². The molecule has 0 radical (unpaired) electrons. The van der Waals surface area contributed by atoms with Crippen molar-refractivity contribution in [2.45, 2.75) is 20.3 Å². The molecule has 1 heterocycles. The number of nitrogens with zero attached hydrogens (tertiary/aromatic N) is 1. The number of benzene rings is 3. The molecular weight excluding hydrogens is 324 g/mol. The predicted molar refractivity (Wildman–Crippen MR) is 105 cm³/mol. The third-order valence-electron chi connectivity index (χ3n) is 4.30. The molecule has 0 unspecified atom stereocenters. The summed E-state index contributed by atoms with van der Waals surface area (Å²) in [7, 11) is 0. The van der Waals surface area contributed by atoms with E-state index in [-0.39, 0.29) is 5.91 Å². The van der Waals surface area contributed by atoms with Gasteiger partial charge in [-0.15, -0.1) is 0 Å². The number of oxazole rings is 1. The maximum Gasteiger partial charge on any atom is 0.229 e. The summed E-state index contributed by atoms with van der Waals surface area (Å²) in [5.41, 5.74) is 3.07. The van der Waals surface area contributed by atoms with Crippen LogP contribution in [0.4, 0.5) is 5.69 Å². The van der Waals surface area contributed by atoms with E-state index in [1.165, 1.54) is 0 Å². The smallest absolute Gasteiger partial charge is 0.229 e. The van der Waals surface area contributed by atoms with Gasteiger partial charge in [0.05, 0.1) is 11.3 Å². The van der Waals surface area contributed by atoms with E-state index in [9.17, 15) is 4.79 Å². The normalized spacial score (nSPS) is 11.3. The molecule has 4 nitrogen and oxygen atoms in total. The monoisotopic (exact) mass is 344 g/mol. The zero-order valence-corrected chi connectivity index (χ0v) is 14.8. The number of aromatic nitrogens is 1. The highest BCUT2D eigenvalue weighted by Crippen LogP contribution is 2.33. The Morgan fingerprint density at radius 3 is 2.65 bits per heavy atom. The molecule has 3 aromatic carbocycles. The van der Waals surface area contributed by atoms with E-state index < -0.39 is 0 Å². The van der Waals surface area contributed by atoms with Crippen molar-refractivity contribution in [3.05, 3.63) is 60.7 Å². The molecule has 1 N–H and O–H groups in total. The van der Waals surface area contributed by atoms with Crippen molar-refractivity contribution in [1.29, 1.82) is 0 Å². The quantitative estimate of drug-likeness (QED) is 0.522. The van der Waals surface area contributed by atoms with Crippen LogP contribution < -0.4 is 5.32 Å². The van der Waals surface area contributed by atoms with Gasteiger partial charge < -0.3 is 9.73 Å². The van der Waals surface area contributed by atoms with Gasteiger partial charge in [0.25, 0.3) is 0 Å². The third kappa shape index (κ3) is 3.06. The molecule has 1 amide bonds. The van der Waals surface area contributed by atoms with Gasteiger partial charge in [-0.1, -0.05) is 56.3 Å². The number of carbonyl (C=O) groups excluding carboxylic acids is 1. The number of nitrogens with one attached hydrogen (secondary N) is 1. The van der Waals surface area contributed by atoms with Gasteiger partial charge in [-0.3, -0.25) is 4.79 Å². The van der Waals surface area contributed by atoms with E-state index in [4.69, 9.17) is 4.42 Å². The van der Waals surface area contributed by atoms with Crippen LogP contribution in [0.25, 0.3) is 33.3 Å². The van der Waals surface area contributed by atoms with Crippen molar-refractivity contribution < 1.29 is 9.21 Å². The molecule has 0 atom stereocenters. The first-order valence-corrected chi connectivity index (χ1v) is 8.79. The topological polar surface area (TPSA) is 55.1 Å². The van der Waals surface area contributed by atoms with Crippen molar-refractivity contribution >= 4 is 33.5 Å². The van der Waals surface area contributed by atoms with Crippen LogP contribution in [-0.4, -0.2) is 10.9 Å². The minimum absolute atomic E-state index is 0.00555. The first kappa shape index (κ1) is 16.3. The van der Waals surface area contributed by atoms with Crippen molar-refractivity contribution in [2.75, 3.05) is 5.32 Å². The molecule has 26 heavy (non-hydrogen) atoms. The highest BCUT2D eigenvalue weighted by atomic mass is 16.3. The first-order valence-electron chi connectivity index (χ1n) is 8.79. The molecule has 0 fully saturated rings. The average Bonchev–Trinajstić information content (AvgIpc) is 3.06. The Morgan fingerprint density at radius 1 is 1.04 bits per heavy atom. The summed E-state index contributed by atoms with van der Waals surface area (Å²) in [6, 6.07) is 19.7. The van der Waals surface area contributed by atoms with Gasteiger partial charge >= 0.3 is 0 Å². The van der Waals surface area contributed by atoms with E-state index in [1.54, 1.807) is 0 Å². The average molecular weight is 344 g/mol. The number of hydrogen-bond donors (Lipinski definition) is 1. The Kier molecular flexibility index (Phi) is 4.17. The lowest BCUT2D eigenvalue weighted by Gasteiger charge is -2.10. The Labute approximate surface area is 151 Å². The van der Waals surface area contributed by atoms with E-state index in [2.05, 4.69) is 16.4 Å². The SMILES string of the molecule is CC(C)CC(=O)Nc1ccccc1-c1nc2ccc3ccccc3c2o1. The van der Waals surface area contributed by atoms with Gasteiger partial charge in [0.15, 0.2) is 5.58 Å². The van der Waals surface area contributed by atoms with E-state index in [1.807, 2.05) is 68.4 Å². The summed E-state index contributed by atoms with van der Waals surface area (Å²) in [6.07, 6.45) is 0.479. The highest BCUT2D eigenvalue weighted by Gasteiger charge is 2.15. The Hall–Kier alpha value is -3.14. The van der Waals surface area contributed by atoms with Gasteiger partial charge in [-0.25, -0.2) is 4.98 Å². The van der Waals surface area contributed by atoms with E-state index in [0.29, 0.717) is 23.9 Å². The number of hydrogen-bond acceptors (Lipinski definition) is 3. The van der Waals surface area contributed by atoms with Gasteiger partial charge in [0.1, 0.15) is 5.52 Å². The van der Waals surface area contributed by atoms with Gasteiger partial charge in [0, 0.05) is 11.8 Å². The number of anilines is 1. The first-order chi connectivity index (χ1) is 12.6. The number of fused-ring (bicyclic) bond motifs is 3. The van der Waals surface area contributed by atoms with E-state index in [0.717, 1.165) is 27.4 Å². The second-order valence-electron chi connectivity index (χ2n) is 6.85. The number of carbonyl (C=O) groups is 1. The summed E-state index contributed by atoms with van der Waals surface area (Å²) in [6.45, 7) is 4.05. The van der Waals surface area contributed by atoms with Crippen molar-refractivity contribution in [3.8, 4) is 11.5 Å². The molecule has 0 aliphatic carbocycles. The largest absolute Gasteiger partial charge is 0.435 e. The van der Waals surface area contributed by atoms with Gasteiger partial charge in [0.2, 0.25) is 11.8 Å². The predicted octanol–water partition coefficient (Wildman–Crippen LogP) is 5.63. The molecule has 0 bridgehead atoms. The van der Waals surface area contributed by atoms with Crippen LogP contribution in [0.1, 0.15) is 20.3 Å².